The second-order valence-corrected chi connectivity index (χ2v) is 9.09. The van der Waals surface area contributed by atoms with Crippen molar-refractivity contribution in [3.05, 3.63) is 48.7 Å². The van der Waals surface area contributed by atoms with Crippen molar-refractivity contribution < 1.29 is 8.78 Å². The van der Waals surface area contributed by atoms with Crippen molar-refractivity contribution in [3.63, 3.8) is 0 Å². The van der Waals surface area contributed by atoms with Crippen LogP contribution in [0.25, 0.3) is 11.3 Å². The average Bonchev–Trinajstić information content (AvgIpc) is 3.40. The van der Waals surface area contributed by atoms with Crippen LogP contribution < -0.4 is 16.0 Å². The van der Waals surface area contributed by atoms with E-state index in [1.807, 2.05) is 19.9 Å². The molecule has 0 spiro atoms. The minimum absolute atomic E-state index is 0.0672. The summed E-state index contributed by atoms with van der Waals surface area (Å²) in [6, 6.07) is 3.83. The third kappa shape index (κ3) is 5.23. The van der Waals surface area contributed by atoms with Gasteiger partial charge in [0.2, 0.25) is 0 Å². The first-order valence-electron chi connectivity index (χ1n) is 11.4. The summed E-state index contributed by atoms with van der Waals surface area (Å²) in [6.45, 7) is 10.2. The van der Waals surface area contributed by atoms with E-state index < -0.39 is 12.0 Å². The molecule has 0 amide bonds. The van der Waals surface area contributed by atoms with Crippen LogP contribution in [0.3, 0.4) is 0 Å². The Kier molecular flexibility index (Phi) is 6.76. The maximum Gasteiger partial charge on any atom is 0.184 e. The van der Waals surface area contributed by atoms with Gasteiger partial charge in [0.1, 0.15) is 12.0 Å². The SMILES string of the molecule is C=C(NCC(F)C(C)C)c1cnc(Nc2nc3ccnn3cc2F)cc1N[C@H]1CCCC1C. The fourth-order valence-corrected chi connectivity index (χ4v) is 4.04. The fraction of sp³-hybridized carbons (Fsp3) is 0.458. The predicted octanol–water partition coefficient (Wildman–Crippen LogP) is 5.16. The number of hydrogen-bond donors (Lipinski definition) is 3. The van der Waals surface area contributed by atoms with Gasteiger partial charge in [0.05, 0.1) is 12.4 Å². The molecule has 3 N–H and O–H groups in total. The summed E-state index contributed by atoms with van der Waals surface area (Å²) in [7, 11) is 0. The van der Waals surface area contributed by atoms with E-state index >= 15 is 0 Å². The molecule has 3 aromatic rings. The minimum atomic E-state index is -0.977. The number of nitrogens with one attached hydrogen (secondary N) is 3. The Hall–Kier alpha value is -3.23. The number of pyridine rings is 1. The number of halogens is 2. The number of alkyl halides is 1. The van der Waals surface area contributed by atoms with Gasteiger partial charge in [-0.25, -0.2) is 23.3 Å². The first-order valence-corrected chi connectivity index (χ1v) is 11.4. The van der Waals surface area contributed by atoms with Gasteiger partial charge >= 0.3 is 0 Å². The van der Waals surface area contributed by atoms with E-state index in [1.165, 1.54) is 23.6 Å². The molecule has 9 heteroatoms. The highest BCUT2D eigenvalue weighted by molar-refractivity contribution is 5.76. The Bertz CT molecular complexity index is 1130. The molecule has 1 aliphatic rings. The lowest BCUT2D eigenvalue weighted by Gasteiger charge is -2.23. The lowest BCUT2D eigenvalue weighted by molar-refractivity contribution is 0.255. The van der Waals surface area contributed by atoms with Gasteiger partial charge in [0.15, 0.2) is 17.3 Å². The third-order valence-electron chi connectivity index (χ3n) is 6.25. The topological polar surface area (TPSA) is 79.2 Å². The highest BCUT2D eigenvalue weighted by atomic mass is 19.1. The van der Waals surface area contributed by atoms with Gasteiger partial charge in [-0.3, -0.25) is 0 Å². The maximum absolute atomic E-state index is 14.5. The van der Waals surface area contributed by atoms with Gasteiger partial charge in [0, 0.05) is 47.9 Å². The van der Waals surface area contributed by atoms with Crippen molar-refractivity contribution in [1.82, 2.24) is 24.9 Å². The molecule has 3 atom stereocenters. The lowest BCUT2D eigenvalue weighted by atomic mass is 10.0. The fourth-order valence-electron chi connectivity index (χ4n) is 4.04. The number of nitrogens with zero attached hydrogens (tertiary/aromatic N) is 4. The molecule has 0 saturated heterocycles. The van der Waals surface area contributed by atoms with Crippen LogP contribution in [0.15, 0.2) is 37.3 Å². The molecule has 0 radical (unpaired) electrons. The quantitative estimate of drug-likeness (QED) is 0.414. The minimum Gasteiger partial charge on any atom is -0.382 e. The molecule has 4 rings (SSSR count). The number of anilines is 3. The number of hydrogen-bond acceptors (Lipinski definition) is 6. The molecule has 176 valence electrons. The zero-order valence-corrected chi connectivity index (χ0v) is 19.3. The Labute approximate surface area is 192 Å². The molecule has 0 aromatic carbocycles. The summed E-state index contributed by atoms with van der Waals surface area (Å²) in [5.74, 6) is 0.425. The predicted molar refractivity (Wildman–Crippen MR) is 128 cm³/mol. The normalized spacial score (nSPS) is 19.1. The van der Waals surface area contributed by atoms with Gasteiger partial charge in [0.25, 0.3) is 0 Å². The average molecular weight is 456 g/mol. The molecule has 7 nitrogen and oxygen atoms in total. The van der Waals surface area contributed by atoms with Gasteiger partial charge < -0.3 is 16.0 Å². The molecule has 2 unspecified atom stereocenters. The van der Waals surface area contributed by atoms with Crippen LogP contribution in [0.2, 0.25) is 0 Å². The van der Waals surface area contributed by atoms with Crippen molar-refractivity contribution in [2.24, 2.45) is 11.8 Å². The highest BCUT2D eigenvalue weighted by Crippen LogP contribution is 2.32. The highest BCUT2D eigenvalue weighted by Gasteiger charge is 2.24. The van der Waals surface area contributed by atoms with Gasteiger partial charge in [-0.2, -0.15) is 5.10 Å². The van der Waals surface area contributed by atoms with E-state index in [0.717, 1.165) is 17.7 Å². The van der Waals surface area contributed by atoms with Gasteiger partial charge in [-0.05, 0) is 24.7 Å². The van der Waals surface area contributed by atoms with E-state index in [9.17, 15) is 8.78 Å². The van der Waals surface area contributed by atoms with Crippen LogP contribution in [0, 0.1) is 17.7 Å². The number of fused-ring (bicyclic) bond motifs is 1. The molecular weight excluding hydrogens is 424 g/mol. The van der Waals surface area contributed by atoms with Gasteiger partial charge in [-0.15, -0.1) is 0 Å². The first-order chi connectivity index (χ1) is 15.8. The molecular formula is C24H31F2N7. The summed E-state index contributed by atoms with van der Waals surface area (Å²) < 4.78 is 30.0. The van der Waals surface area contributed by atoms with Crippen LogP contribution >= 0.6 is 0 Å². The largest absolute Gasteiger partial charge is 0.382 e. The van der Waals surface area contributed by atoms with E-state index in [0.29, 0.717) is 29.1 Å². The standard InChI is InChI=1S/C24H31F2N7/c1-14(2)18(25)12-27-16(4)17-11-28-22(10-21(17)30-20-7-5-6-15(20)3)31-24-19(26)13-33-23(32-24)8-9-29-33/h8-11,13-15,18,20,27H,4-7,12H2,1-3H3,(H2,28,30,31,32)/t15?,18?,20-/m0/s1. The van der Waals surface area contributed by atoms with Crippen LogP contribution in [0.1, 0.15) is 45.6 Å². The van der Waals surface area contributed by atoms with Crippen molar-refractivity contribution in [2.75, 3.05) is 17.2 Å². The lowest BCUT2D eigenvalue weighted by Crippen LogP contribution is -2.27. The summed E-state index contributed by atoms with van der Waals surface area (Å²) >= 11 is 0. The summed E-state index contributed by atoms with van der Waals surface area (Å²) in [5.41, 5.74) is 2.69. The van der Waals surface area contributed by atoms with Crippen molar-refractivity contribution in [2.45, 2.75) is 52.2 Å². The Morgan fingerprint density at radius 1 is 1.33 bits per heavy atom. The van der Waals surface area contributed by atoms with Crippen molar-refractivity contribution >= 4 is 28.7 Å². The van der Waals surface area contributed by atoms with E-state index in [-0.39, 0.29) is 18.3 Å². The van der Waals surface area contributed by atoms with Crippen LogP contribution in [0.4, 0.5) is 26.1 Å². The summed E-state index contributed by atoms with van der Waals surface area (Å²) in [6.07, 6.45) is 6.92. The number of rotatable bonds is 9. The van der Waals surface area contributed by atoms with E-state index in [4.69, 9.17) is 0 Å². The monoisotopic (exact) mass is 455 g/mol. The van der Waals surface area contributed by atoms with Gasteiger partial charge in [-0.1, -0.05) is 33.8 Å². The third-order valence-corrected chi connectivity index (χ3v) is 6.25. The summed E-state index contributed by atoms with van der Waals surface area (Å²) in [4.78, 5) is 8.73. The van der Waals surface area contributed by atoms with Crippen molar-refractivity contribution in [3.8, 4) is 0 Å². The molecule has 1 aliphatic carbocycles. The molecule has 1 fully saturated rings. The van der Waals surface area contributed by atoms with Crippen molar-refractivity contribution in [1.29, 1.82) is 0 Å². The second-order valence-electron chi connectivity index (χ2n) is 9.09. The molecule has 33 heavy (non-hydrogen) atoms. The molecule has 3 aromatic heterocycles. The summed E-state index contributed by atoms with van der Waals surface area (Å²) in [5, 5.41) is 13.7. The molecule has 0 bridgehead atoms. The Morgan fingerprint density at radius 2 is 2.15 bits per heavy atom. The van der Waals surface area contributed by atoms with E-state index in [2.05, 4.69) is 44.5 Å². The first kappa shape index (κ1) is 22.9. The van der Waals surface area contributed by atoms with Crippen LogP contribution in [-0.2, 0) is 0 Å². The smallest absolute Gasteiger partial charge is 0.184 e. The number of aromatic nitrogens is 4. The van der Waals surface area contributed by atoms with E-state index in [1.54, 1.807) is 18.5 Å². The van der Waals surface area contributed by atoms with Crippen LogP contribution in [-0.4, -0.2) is 38.3 Å². The second kappa shape index (κ2) is 9.72. The maximum atomic E-state index is 14.5. The Morgan fingerprint density at radius 3 is 2.88 bits per heavy atom. The zero-order chi connectivity index (χ0) is 23.5. The molecule has 0 aliphatic heterocycles. The molecule has 1 saturated carbocycles. The Balaban J connectivity index is 1.59. The zero-order valence-electron chi connectivity index (χ0n) is 19.3. The van der Waals surface area contributed by atoms with Crippen LogP contribution in [0.5, 0.6) is 0 Å². The molecule has 3 heterocycles.